The third-order valence-electron chi connectivity index (χ3n) is 5.98. The van der Waals surface area contributed by atoms with Gasteiger partial charge in [-0.3, -0.25) is 4.79 Å². The third-order valence-corrected chi connectivity index (χ3v) is 6.23. The van der Waals surface area contributed by atoms with E-state index in [1.54, 1.807) is 12.1 Å². The van der Waals surface area contributed by atoms with Crippen LogP contribution in [0.3, 0.4) is 0 Å². The van der Waals surface area contributed by atoms with Gasteiger partial charge in [-0.25, -0.2) is 9.97 Å². The minimum atomic E-state index is -0.519. The number of aromatic nitrogens is 2. The van der Waals surface area contributed by atoms with Gasteiger partial charge < -0.3 is 20.6 Å². The van der Waals surface area contributed by atoms with Crippen LogP contribution in [0.15, 0.2) is 30.6 Å². The summed E-state index contributed by atoms with van der Waals surface area (Å²) in [5.74, 6) is 0.796. The zero-order valence-electron chi connectivity index (χ0n) is 16.5. The van der Waals surface area contributed by atoms with Gasteiger partial charge in [0.1, 0.15) is 12.1 Å². The van der Waals surface area contributed by atoms with E-state index in [-0.39, 0.29) is 24.3 Å². The quantitative estimate of drug-likeness (QED) is 0.793. The first kappa shape index (κ1) is 20.1. The molecular formula is C21H26ClN5O2. The molecule has 1 unspecified atom stereocenters. The van der Waals surface area contributed by atoms with E-state index in [0.29, 0.717) is 37.6 Å². The molecule has 1 amide bonds. The van der Waals surface area contributed by atoms with Crippen LogP contribution in [0.4, 0.5) is 5.82 Å². The Morgan fingerprint density at radius 1 is 1.24 bits per heavy atom. The first-order valence-electron chi connectivity index (χ1n) is 10.0. The van der Waals surface area contributed by atoms with E-state index < -0.39 is 6.10 Å². The van der Waals surface area contributed by atoms with Crippen LogP contribution in [0.1, 0.15) is 48.1 Å². The Kier molecular flexibility index (Phi) is 5.72. The first-order chi connectivity index (χ1) is 14.0. The van der Waals surface area contributed by atoms with Crippen molar-refractivity contribution in [1.29, 1.82) is 0 Å². The molecule has 3 atom stereocenters. The molecule has 1 fully saturated rings. The van der Waals surface area contributed by atoms with Crippen molar-refractivity contribution in [1.82, 2.24) is 14.9 Å². The number of hydrogen-bond acceptors (Lipinski definition) is 6. The van der Waals surface area contributed by atoms with Crippen LogP contribution in [0.25, 0.3) is 0 Å². The number of anilines is 1. The highest BCUT2D eigenvalue weighted by Crippen LogP contribution is 2.42. The van der Waals surface area contributed by atoms with Crippen molar-refractivity contribution in [3.63, 3.8) is 0 Å². The molecule has 1 aliphatic heterocycles. The lowest BCUT2D eigenvalue weighted by molar-refractivity contribution is -0.132. The smallest absolute Gasteiger partial charge is 0.231 e. The summed E-state index contributed by atoms with van der Waals surface area (Å²) in [6, 6.07) is 7.31. The highest BCUT2D eigenvalue weighted by atomic mass is 35.5. The number of piperazine rings is 1. The summed E-state index contributed by atoms with van der Waals surface area (Å²) in [7, 11) is 0. The summed E-state index contributed by atoms with van der Waals surface area (Å²) in [6.07, 6.45) is 1.69. The summed E-state index contributed by atoms with van der Waals surface area (Å²) in [5.41, 5.74) is 8.60. The van der Waals surface area contributed by atoms with E-state index in [9.17, 15) is 9.90 Å². The van der Waals surface area contributed by atoms with Crippen LogP contribution in [0.5, 0.6) is 0 Å². The number of aliphatic hydroxyl groups is 1. The molecule has 2 aromatic rings. The zero-order chi connectivity index (χ0) is 20.5. The molecule has 8 heteroatoms. The third kappa shape index (κ3) is 3.82. The van der Waals surface area contributed by atoms with Crippen LogP contribution < -0.4 is 10.6 Å². The highest BCUT2D eigenvalue weighted by molar-refractivity contribution is 6.30. The second kappa shape index (κ2) is 8.26. The average molecular weight is 416 g/mol. The van der Waals surface area contributed by atoms with Gasteiger partial charge in [-0.1, -0.05) is 30.7 Å². The highest BCUT2D eigenvalue weighted by Gasteiger charge is 2.34. The number of nitrogens with zero attached hydrogens (tertiary/aromatic N) is 4. The lowest BCUT2D eigenvalue weighted by Crippen LogP contribution is -2.51. The number of fused-ring (bicyclic) bond motifs is 1. The average Bonchev–Trinajstić information content (AvgIpc) is 3.04. The van der Waals surface area contributed by atoms with Gasteiger partial charge in [0.15, 0.2) is 0 Å². The van der Waals surface area contributed by atoms with Crippen LogP contribution in [0, 0.1) is 0 Å². The number of hydrogen-bond donors (Lipinski definition) is 2. The van der Waals surface area contributed by atoms with Crippen LogP contribution in [-0.4, -0.2) is 58.6 Å². The van der Waals surface area contributed by atoms with E-state index in [1.807, 2.05) is 17.0 Å². The molecule has 0 saturated carbocycles. The first-order valence-corrected chi connectivity index (χ1v) is 10.4. The van der Waals surface area contributed by atoms with E-state index in [0.717, 1.165) is 22.6 Å². The molecule has 29 heavy (non-hydrogen) atoms. The van der Waals surface area contributed by atoms with Gasteiger partial charge in [-0.15, -0.1) is 0 Å². The van der Waals surface area contributed by atoms with Crippen molar-refractivity contribution in [3.8, 4) is 0 Å². The van der Waals surface area contributed by atoms with E-state index in [4.69, 9.17) is 17.3 Å². The van der Waals surface area contributed by atoms with Gasteiger partial charge in [0, 0.05) is 43.3 Å². The predicted octanol–water partition coefficient (Wildman–Crippen LogP) is 2.06. The van der Waals surface area contributed by atoms with Crippen LogP contribution in [0.2, 0.25) is 5.02 Å². The number of nitrogens with two attached hydrogens (primary N) is 1. The lowest BCUT2D eigenvalue weighted by Gasteiger charge is -2.37. The molecule has 4 rings (SSSR count). The summed E-state index contributed by atoms with van der Waals surface area (Å²) in [4.78, 5) is 25.9. The molecule has 1 aromatic heterocycles. The molecule has 0 bridgehead atoms. The lowest BCUT2D eigenvalue weighted by atomic mass is 9.97. The van der Waals surface area contributed by atoms with Crippen molar-refractivity contribution in [3.05, 3.63) is 52.4 Å². The molecule has 1 saturated heterocycles. The largest absolute Gasteiger partial charge is 0.387 e. The molecule has 3 N–H and O–H groups in total. The van der Waals surface area contributed by atoms with Crippen molar-refractivity contribution >= 4 is 23.3 Å². The normalized spacial score (nSPS) is 22.5. The number of amides is 1. The Morgan fingerprint density at radius 3 is 2.59 bits per heavy atom. The summed E-state index contributed by atoms with van der Waals surface area (Å²) in [6.45, 7) is 4.96. The maximum Gasteiger partial charge on any atom is 0.231 e. The minimum Gasteiger partial charge on any atom is -0.387 e. The molecule has 2 aliphatic rings. The fourth-order valence-corrected chi connectivity index (χ4v) is 4.51. The number of carbonyl (C=O) groups is 1. The monoisotopic (exact) mass is 415 g/mol. The fourth-order valence-electron chi connectivity index (χ4n) is 4.39. The number of rotatable bonds is 4. The molecular weight excluding hydrogens is 390 g/mol. The van der Waals surface area contributed by atoms with Crippen LogP contribution in [-0.2, 0) is 4.79 Å². The van der Waals surface area contributed by atoms with Crippen LogP contribution >= 0.6 is 11.6 Å². The maximum atomic E-state index is 13.1. The number of benzene rings is 1. The Balaban J connectivity index is 1.46. The summed E-state index contributed by atoms with van der Waals surface area (Å²) < 4.78 is 0. The van der Waals surface area contributed by atoms with Gasteiger partial charge >= 0.3 is 0 Å². The summed E-state index contributed by atoms with van der Waals surface area (Å²) >= 11 is 5.96. The number of aliphatic hydroxyl groups excluding tert-OH is 1. The SMILES string of the molecule is CC1C[C@@H](O)c2ncnc(N3CCN(C(=O)[C@H](CN)c4ccc(Cl)cc4)CC3)c21. The molecule has 154 valence electrons. The maximum absolute atomic E-state index is 13.1. The van der Waals surface area contributed by atoms with Crippen molar-refractivity contribution in [2.75, 3.05) is 37.6 Å². The number of carbonyl (C=O) groups excluding carboxylic acids is 1. The van der Waals surface area contributed by atoms with Crippen molar-refractivity contribution in [2.24, 2.45) is 5.73 Å². The molecule has 7 nitrogen and oxygen atoms in total. The Hall–Kier alpha value is -2.22. The second-order valence-electron chi connectivity index (χ2n) is 7.80. The van der Waals surface area contributed by atoms with Gasteiger partial charge in [0.2, 0.25) is 5.91 Å². The van der Waals surface area contributed by atoms with E-state index >= 15 is 0 Å². The van der Waals surface area contributed by atoms with Gasteiger partial charge in [0.05, 0.1) is 17.7 Å². The predicted molar refractivity (Wildman–Crippen MR) is 112 cm³/mol. The summed E-state index contributed by atoms with van der Waals surface area (Å²) in [5, 5.41) is 10.9. The van der Waals surface area contributed by atoms with Crippen molar-refractivity contribution < 1.29 is 9.90 Å². The van der Waals surface area contributed by atoms with Gasteiger partial charge in [-0.2, -0.15) is 0 Å². The second-order valence-corrected chi connectivity index (χ2v) is 8.24. The Morgan fingerprint density at radius 2 is 1.93 bits per heavy atom. The van der Waals surface area contributed by atoms with E-state index in [2.05, 4.69) is 21.8 Å². The molecule has 1 aliphatic carbocycles. The fraction of sp³-hybridized carbons (Fsp3) is 0.476. The van der Waals surface area contributed by atoms with Crippen molar-refractivity contribution in [2.45, 2.75) is 31.3 Å². The molecule has 0 radical (unpaired) electrons. The van der Waals surface area contributed by atoms with E-state index in [1.165, 1.54) is 6.33 Å². The minimum absolute atomic E-state index is 0.0474. The molecule has 1 aromatic carbocycles. The van der Waals surface area contributed by atoms with Gasteiger partial charge in [-0.05, 0) is 30.0 Å². The number of halogens is 1. The molecule has 2 heterocycles. The van der Waals surface area contributed by atoms with Gasteiger partial charge in [0.25, 0.3) is 0 Å². The topological polar surface area (TPSA) is 95.6 Å². The zero-order valence-corrected chi connectivity index (χ0v) is 17.2. The standard InChI is InChI=1S/C21H26ClN5O2/c1-13-10-17(28)19-18(13)20(25-12-24-19)26-6-8-27(9-7-26)21(29)16(11-23)14-2-4-15(22)5-3-14/h2-5,12-13,16-17,28H,6-11,23H2,1H3/t13?,16-,17-/m1/s1. The Labute approximate surface area is 175 Å². The molecule has 0 spiro atoms. The Bertz CT molecular complexity index is 883.